The van der Waals surface area contributed by atoms with Gasteiger partial charge in [-0.2, -0.15) is 13.2 Å². The second-order valence-corrected chi connectivity index (χ2v) is 2.27. The zero-order chi connectivity index (χ0) is 10.1. The third-order valence-electron chi connectivity index (χ3n) is 1.37. The van der Waals surface area contributed by atoms with Crippen molar-refractivity contribution in [1.29, 1.82) is 0 Å². The SMILES string of the molecule is CNc1ccc(F)c(C(F)(F)F)n1.Cl. The average Bonchev–Trinajstić information content (AvgIpc) is 2.03. The number of nitrogens with zero attached hydrogens (tertiary/aromatic N) is 1. The molecule has 1 rings (SSSR count). The minimum atomic E-state index is -4.75. The molecule has 7 heteroatoms. The molecule has 0 fully saturated rings. The van der Waals surface area contributed by atoms with E-state index in [-0.39, 0.29) is 18.2 Å². The van der Waals surface area contributed by atoms with Crippen LogP contribution in [0, 0.1) is 5.82 Å². The summed E-state index contributed by atoms with van der Waals surface area (Å²) < 4.78 is 48.7. The first-order valence-electron chi connectivity index (χ1n) is 3.36. The van der Waals surface area contributed by atoms with Crippen LogP contribution in [0.4, 0.5) is 23.4 Å². The number of hydrogen-bond acceptors (Lipinski definition) is 2. The summed E-state index contributed by atoms with van der Waals surface area (Å²) in [4.78, 5) is 3.05. The Hall–Kier alpha value is -1.04. The zero-order valence-corrected chi connectivity index (χ0v) is 7.84. The Kier molecular flexibility index (Phi) is 4.12. The third kappa shape index (κ3) is 2.73. The van der Waals surface area contributed by atoms with E-state index in [2.05, 4.69) is 10.3 Å². The van der Waals surface area contributed by atoms with Crippen molar-refractivity contribution < 1.29 is 17.6 Å². The summed E-state index contributed by atoms with van der Waals surface area (Å²) in [6, 6.07) is 1.85. The molecule has 1 aromatic heterocycles. The number of pyridine rings is 1. The standard InChI is InChI=1S/C7H6F4N2.ClH/c1-12-5-3-2-4(8)6(13-5)7(9,10)11;/h2-3H,1H3,(H,12,13);1H. The summed E-state index contributed by atoms with van der Waals surface area (Å²) in [7, 11) is 1.40. The molecule has 1 N–H and O–H groups in total. The maximum absolute atomic E-state index is 12.6. The number of halogens is 5. The van der Waals surface area contributed by atoms with Crippen LogP contribution >= 0.6 is 12.4 Å². The molecule has 0 aromatic carbocycles. The highest BCUT2D eigenvalue weighted by molar-refractivity contribution is 5.85. The smallest absolute Gasteiger partial charge is 0.373 e. The molecule has 80 valence electrons. The van der Waals surface area contributed by atoms with Gasteiger partial charge in [0.1, 0.15) is 5.82 Å². The lowest BCUT2D eigenvalue weighted by Gasteiger charge is -2.08. The van der Waals surface area contributed by atoms with Gasteiger partial charge in [-0.05, 0) is 12.1 Å². The van der Waals surface area contributed by atoms with Crippen LogP contribution in [0.2, 0.25) is 0 Å². The monoisotopic (exact) mass is 230 g/mol. The average molecular weight is 231 g/mol. The number of anilines is 1. The molecule has 0 atom stereocenters. The number of alkyl halides is 3. The maximum atomic E-state index is 12.6. The molecule has 0 unspecified atom stereocenters. The molecular formula is C7H7ClF4N2. The first-order chi connectivity index (χ1) is 5.95. The Morgan fingerprint density at radius 1 is 1.29 bits per heavy atom. The van der Waals surface area contributed by atoms with Crippen LogP contribution in [0.25, 0.3) is 0 Å². The lowest BCUT2D eigenvalue weighted by atomic mass is 10.3. The Labute approximate surface area is 83.7 Å². The molecular weight excluding hydrogens is 224 g/mol. The number of hydrogen-bond donors (Lipinski definition) is 1. The molecule has 0 bridgehead atoms. The summed E-state index contributed by atoms with van der Waals surface area (Å²) in [5.41, 5.74) is -1.50. The maximum Gasteiger partial charge on any atom is 0.436 e. The van der Waals surface area contributed by atoms with Crippen LogP contribution in [-0.4, -0.2) is 12.0 Å². The van der Waals surface area contributed by atoms with Crippen LogP contribution < -0.4 is 5.32 Å². The first kappa shape index (κ1) is 13.0. The van der Waals surface area contributed by atoms with Crippen LogP contribution in [0.5, 0.6) is 0 Å². The second kappa shape index (κ2) is 4.45. The van der Waals surface area contributed by atoms with Gasteiger partial charge in [0.15, 0.2) is 11.5 Å². The minimum Gasteiger partial charge on any atom is -0.373 e. The van der Waals surface area contributed by atoms with E-state index in [0.717, 1.165) is 12.1 Å². The molecule has 1 aromatic rings. The van der Waals surface area contributed by atoms with Crippen molar-refractivity contribution in [3.8, 4) is 0 Å². The summed E-state index contributed by atoms with van der Waals surface area (Å²) in [5, 5.41) is 2.39. The lowest BCUT2D eigenvalue weighted by molar-refractivity contribution is -0.143. The van der Waals surface area contributed by atoms with E-state index in [1.54, 1.807) is 0 Å². The van der Waals surface area contributed by atoms with Gasteiger partial charge < -0.3 is 5.32 Å². The van der Waals surface area contributed by atoms with Crippen molar-refractivity contribution in [3.05, 3.63) is 23.6 Å². The summed E-state index contributed by atoms with van der Waals surface area (Å²) in [5.74, 6) is -1.39. The topological polar surface area (TPSA) is 24.9 Å². The molecule has 0 aliphatic rings. The molecule has 1 heterocycles. The Morgan fingerprint density at radius 3 is 2.29 bits per heavy atom. The van der Waals surface area contributed by atoms with Crippen molar-refractivity contribution in [2.24, 2.45) is 0 Å². The van der Waals surface area contributed by atoms with Gasteiger partial charge >= 0.3 is 6.18 Å². The van der Waals surface area contributed by atoms with Crippen molar-refractivity contribution >= 4 is 18.2 Å². The fraction of sp³-hybridized carbons (Fsp3) is 0.286. The molecule has 0 aliphatic heterocycles. The van der Waals surface area contributed by atoms with E-state index in [0.29, 0.717) is 0 Å². The summed E-state index contributed by atoms with van der Waals surface area (Å²) >= 11 is 0. The van der Waals surface area contributed by atoms with Gasteiger partial charge in [0, 0.05) is 7.05 Å². The number of aromatic nitrogens is 1. The van der Waals surface area contributed by atoms with Gasteiger partial charge in [-0.1, -0.05) is 0 Å². The molecule has 0 radical (unpaired) electrons. The first-order valence-corrected chi connectivity index (χ1v) is 3.36. The van der Waals surface area contributed by atoms with Gasteiger partial charge in [0.25, 0.3) is 0 Å². The van der Waals surface area contributed by atoms with Crippen LogP contribution in [-0.2, 0) is 6.18 Å². The third-order valence-corrected chi connectivity index (χ3v) is 1.37. The molecule has 0 saturated heterocycles. The molecule has 14 heavy (non-hydrogen) atoms. The minimum absolute atomic E-state index is 0. The van der Waals surface area contributed by atoms with E-state index in [9.17, 15) is 17.6 Å². The van der Waals surface area contributed by atoms with Crippen molar-refractivity contribution in [3.63, 3.8) is 0 Å². The highest BCUT2D eigenvalue weighted by atomic mass is 35.5. The number of nitrogens with one attached hydrogen (secondary N) is 1. The molecule has 0 amide bonds. The van der Waals surface area contributed by atoms with Crippen LogP contribution in [0.3, 0.4) is 0 Å². The van der Waals surface area contributed by atoms with Crippen LogP contribution in [0.1, 0.15) is 5.69 Å². The molecule has 2 nitrogen and oxygen atoms in total. The zero-order valence-electron chi connectivity index (χ0n) is 7.02. The van der Waals surface area contributed by atoms with Crippen molar-refractivity contribution in [2.45, 2.75) is 6.18 Å². The van der Waals surface area contributed by atoms with E-state index in [4.69, 9.17) is 0 Å². The Morgan fingerprint density at radius 2 is 1.86 bits per heavy atom. The highest BCUT2D eigenvalue weighted by Gasteiger charge is 2.36. The summed E-state index contributed by atoms with van der Waals surface area (Å²) in [6.45, 7) is 0. The van der Waals surface area contributed by atoms with E-state index >= 15 is 0 Å². The van der Waals surface area contributed by atoms with Crippen LogP contribution in [0.15, 0.2) is 12.1 Å². The van der Waals surface area contributed by atoms with Gasteiger partial charge in [0.05, 0.1) is 0 Å². The van der Waals surface area contributed by atoms with E-state index in [1.165, 1.54) is 7.05 Å². The van der Waals surface area contributed by atoms with E-state index in [1.807, 2.05) is 0 Å². The predicted octanol–water partition coefficient (Wildman–Crippen LogP) is 2.70. The van der Waals surface area contributed by atoms with Gasteiger partial charge in [0.2, 0.25) is 0 Å². The fourth-order valence-electron chi connectivity index (χ4n) is 0.780. The van der Waals surface area contributed by atoms with E-state index < -0.39 is 17.7 Å². The largest absolute Gasteiger partial charge is 0.436 e. The Bertz CT molecular complexity index is 313. The molecule has 0 aliphatic carbocycles. The Balaban J connectivity index is 0.00000169. The van der Waals surface area contributed by atoms with Gasteiger partial charge in [-0.3, -0.25) is 0 Å². The lowest BCUT2D eigenvalue weighted by Crippen LogP contribution is -2.12. The van der Waals surface area contributed by atoms with Crippen molar-refractivity contribution in [1.82, 2.24) is 4.98 Å². The summed E-state index contributed by atoms with van der Waals surface area (Å²) in [6.07, 6.45) is -4.75. The number of rotatable bonds is 1. The second-order valence-electron chi connectivity index (χ2n) is 2.27. The molecule has 0 spiro atoms. The normalized spacial score (nSPS) is 10.6. The van der Waals surface area contributed by atoms with Gasteiger partial charge in [-0.15, -0.1) is 12.4 Å². The predicted molar refractivity (Wildman–Crippen MR) is 46.0 cm³/mol. The quantitative estimate of drug-likeness (QED) is 0.751. The fourth-order valence-corrected chi connectivity index (χ4v) is 0.780. The van der Waals surface area contributed by atoms with Crippen molar-refractivity contribution in [2.75, 3.05) is 12.4 Å². The molecule has 0 saturated carbocycles. The van der Waals surface area contributed by atoms with Gasteiger partial charge in [-0.25, -0.2) is 9.37 Å². The highest BCUT2D eigenvalue weighted by Crippen LogP contribution is 2.30.